The maximum Gasteiger partial charge on any atom is 0.252 e. The summed E-state index contributed by atoms with van der Waals surface area (Å²) in [6, 6.07) is 8.42. The fourth-order valence-electron chi connectivity index (χ4n) is 2.71. The van der Waals surface area contributed by atoms with Crippen molar-refractivity contribution in [2.24, 2.45) is 0 Å². The molecule has 0 atom stereocenters. The summed E-state index contributed by atoms with van der Waals surface area (Å²) < 4.78 is 0. The van der Waals surface area contributed by atoms with Gasteiger partial charge in [-0.05, 0) is 41.8 Å². The Kier molecular flexibility index (Phi) is 4.88. The van der Waals surface area contributed by atoms with E-state index in [4.69, 9.17) is 0 Å². The third-order valence-corrected chi connectivity index (χ3v) is 5.52. The fourth-order valence-corrected chi connectivity index (χ4v) is 4.10. The lowest BCUT2D eigenvalue weighted by atomic mass is 9.95. The van der Waals surface area contributed by atoms with Crippen LogP contribution in [0.3, 0.4) is 0 Å². The van der Waals surface area contributed by atoms with E-state index in [1.54, 1.807) is 22.7 Å². The number of carbonyl (C=O) groups is 1. The van der Waals surface area contributed by atoms with Crippen LogP contribution in [0.4, 0.5) is 0 Å². The largest absolute Gasteiger partial charge is 0.349 e. The number of amides is 1. The first kappa shape index (κ1) is 14.5. The van der Waals surface area contributed by atoms with Crippen molar-refractivity contribution in [1.82, 2.24) is 5.32 Å². The third kappa shape index (κ3) is 3.83. The molecule has 1 aliphatic carbocycles. The second kappa shape index (κ2) is 7.05. The summed E-state index contributed by atoms with van der Waals surface area (Å²) in [7, 11) is 0. The second-order valence-electron chi connectivity index (χ2n) is 5.36. The van der Waals surface area contributed by atoms with E-state index in [2.05, 4.69) is 5.32 Å². The average Bonchev–Trinajstić information content (AvgIpc) is 3.19. The molecule has 0 spiro atoms. The minimum atomic E-state index is 0.0674. The quantitative estimate of drug-likeness (QED) is 0.806. The lowest BCUT2D eigenvalue weighted by Crippen LogP contribution is -2.36. The molecule has 0 unspecified atom stereocenters. The van der Waals surface area contributed by atoms with E-state index < -0.39 is 0 Å². The number of hydrogen-bond donors (Lipinski definition) is 1. The van der Waals surface area contributed by atoms with Crippen molar-refractivity contribution in [3.05, 3.63) is 44.8 Å². The minimum Gasteiger partial charge on any atom is -0.349 e. The van der Waals surface area contributed by atoms with Gasteiger partial charge in [0.1, 0.15) is 0 Å². The van der Waals surface area contributed by atoms with Crippen molar-refractivity contribution in [2.75, 3.05) is 0 Å². The smallest absolute Gasteiger partial charge is 0.252 e. The average molecular weight is 317 g/mol. The van der Waals surface area contributed by atoms with Gasteiger partial charge in [0, 0.05) is 15.8 Å². The predicted octanol–water partition coefficient (Wildman–Crippen LogP) is 4.80. The first-order valence-corrected chi connectivity index (χ1v) is 9.19. The first-order chi connectivity index (χ1) is 10.3. The molecule has 1 amide bonds. The van der Waals surface area contributed by atoms with Crippen molar-refractivity contribution in [3.63, 3.8) is 0 Å². The van der Waals surface area contributed by atoms with Crippen LogP contribution in [0.15, 0.2) is 35.0 Å². The fraction of sp³-hybridized carbons (Fsp3) is 0.353. The van der Waals surface area contributed by atoms with Crippen molar-refractivity contribution < 1.29 is 4.79 Å². The maximum atomic E-state index is 12.7. The van der Waals surface area contributed by atoms with Crippen LogP contribution in [-0.4, -0.2) is 11.9 Å². The van der Waals surface area contributed by atoms with Gasteiger partial charge >= 0.3 is 0 Å². The lowest BCUT2D eigenvalue weighted by Gasteiger charge is -2.23. The molecule has 110 valence electrons. The highest BCUT2D eigenvalue weighted by molar-refractivity contribution is 7.12. The van der Waals surface area contributed by atoms with Gasteiger partial charge in [-0.3, -0.25) is 4.79 Å². The molecule has 0 bridgehead atoms. The molecule has 0 aromatic carbocycles. The van der Waals surface area contributed by atoms with Crippen LogP contribution in [-0.2, 0) is 4.79 Å². The molecule has 0 saturated heterocycles. The third-order valence-electron chi connectivity index (χ3n) is 3.80. The summed E-state index contributed by atoms with van der Waals surface area (Å²) in [5.74, 6) is 0.0674. The van der Waals surface area contributed by atoms with E-state index in [9.17, 15) is 4.79 Å². The zero-order chi connectivity index (χ0) is 14.5. The molecule has 2 aromatic heterocycles. The van der Waals surface area contributed by atoms with E-state index in [0.29, 0.717) is 6.04 Å². The number of nitrogens with one attached hydrogen (secondary N) is 1. The van der Waals surface area contributed by atoms with Gasteiger partial charge < -0.3 is 5.32 Å². The van der Waals surface area contributed by atoms with Crippen molar-refractivity contribution in [3.8, 4) is 0 Å². The van der Waals surface area contributed by atoms with Gasteiger partial charge in [-0.2, -0.15) is 0 Å². The van der Waals surface area contributed by atoms with E-state index in [0.717, 1.165) is 28.2 Å². The zero-order valence-electron chi connectivity index (χ0n) is 11.9. The molecule has 1 saturated carbocycles. The summed E-state index contributed by atoms with van der Waals surface area (Å²) in [5.41, 5.74) is 0.790. The van der Waals surface area contributed by atoms with Crippen molar-refractivity contribution in [1.29, 1.82) is 0 Å². The molecular weight excluding hydrogens is 298 g/mol. The van der Waals surface area contributed by atoms with Crippen LogP contribution < -0.4 is 5.32 Å². The molecule has 4 heteroatoms. The number of rotatable bonds is 4. The molecule has 21 heavy (non-hydrogen) atoms. The molecule has 1 fully saturated rings. The monoisotopic (exact) mass is 317 g/mol. The normalized spacial score (nSPS) is 16.9. The molecule has 2 heterocycles. The summed E-state index contributed by atoms with van der Waals surface area (Å²) in [4.78, 5) is 14.8. The highest BCUT2D eigenvalue weighted by Gasteiger charge is 2.19. The molecular formula is C17H19NOS2. The molecule has 1 aliphatic rings. The van der Waals surface area contributed by atoms with Gasteiger partial charge in [0.25, 0.3) is 5.91 Å². The van der Waals surface area contributed by atoms with E-state index >= 15 is 0 Å². The molecule has 2 aromatic rings. The Labute approximate surface area is 133 Å². The molecule has 0 radical (unpaired) electrons. The Bertz CT molecular complexity index is 593. The van der Waals surface area contributed by atoms with E-state index in [1.807, 2.05) is 41.1 Å². The van der Waals surface area contributed by atoms with Crippen molar-refractivity contribution >= 4 is 40.2 Å². The summed E-state index contributed by atoms with van der Waals surface area (Å²) >= 11 is 3.28. The van der Waals surface area contributed by atoms with Crippen LogP contribution in [0, 0.1) is 0 Å². The van der Waals surface area contributed by atoms with Gasteiger partial charge in [0.05, 0.1) is 5.57 Å². The van der Waals surface area contributed by atoms with Crippen LogP contribution in [0.1, 0.15) is 41.9 Å². The Morgan fingerprint density at radius 1 is 1.10 bits per heavy atom. The van der Waals surface area contributed by atoms with Gasteiger partial charge in [0.2, 0.25) is 0 Å². The highest BCUT2D eigenvalue weighted by Crippen LogP contribution is 2.26. The maximum absolute atomic E-state index is 12.7. The van der Waals surface area contributed by atoms with Gasteiger partial charge in [-0.1, -0.05) is 31.4 Å². The predicted molar refractivity (Wildman–Crippen MR) is 91.5 cm³/mol. The topological polar surface area (TPSA) is 29.1 Å². The Morgan fingerprint density at radius 2 is 1.86 bits per heavy atom. The minimum absolute atomic E-state index is 0.0674. The number of thiophene rings is 2. The number of carbonyl (C=O) groups excluding carboxylic acids is 1. The van der Waals surface area contributed by atoms with Gasteiger partial charge in [0.15, 0.2) is 0 Å². The number of hydrogen-bond acceptors (Lipinski definition) is 3. The molecule has 2 nitrogen and oxygen atoms in total. The second-order valence-corrected chi connectivity index (χ2v) is 7.29. The van der Waals surface area contributed by atoms with E-state index in [-0.39, 0.29) is 5.91 Å². The highest BCUT2D eigenvalue weighted by atomic mass is 32.1. The van der Waals surface area contributed by atoms with E-state index in [1.165, 1.54) is 19.3 Å². The summed E-state index contributed by atoms with van der Waals surface area (Å²) in [6.07, 6.45) is 8.00. The standard InChI is InChI=1S/C17H19NOS2/c19-17(18-13-6-2-1-3-7-13)15(16-9-5-11-21-16)12-14-8-4-10-20-14/h4-5,8-13H,1-3,6-7H2,(H,18,19)/b15-12+. The first-order valence-electron chi connectivity index (χ1n) is 7.43. The Hall–Kier alpha value is -1.39. The lowest BCUT2D eigenvalue weighted by molar-refractivity contribution is -0.116. The van der Waals surface area contributed by atoms with Crippen LogP contribution in [0.2, 0.25) is 0 Å². The summed E-state index contributed by atoms with van der Waals surface area (Å²) in [5, 5.41) is 7.28. The zero-order valence-corrected chi connectivity index (χ0v) is 13.5. The SMILES string of the molecule is O=C(NC1CCCCC1)/C(=C/c1cccs1)c1cccs1. The molecule has 1 N–H and O–H groups in total. The van der Waals surface area contributed by atoms with Crippen LogP contribution in [0.5, 0.6) is 0 Å². The van der Waals surface area contributed by atoms with Gasteiger partial charge in [-0.15, -0.1) is 22.7 Å². The Morgan fingerprint density at radius 3 is 2.52 bits per heavy atom. The van der Waals surface area contributed by atoms with Crippen LogP contribution in [0.25, 0.3) is 11.6 Å². The summed E-state index contributed by atoms with van der Waals surface area (Å²) in [6.45, 7) is 0. The molecule has 3 rings (SSSR count). The van der Waals surface area contributed by atoms with Crippen LogP contribution >= 0.6 is 22.7 Å². The molecule has 0 aliphatic heterocycles. The Balaban J connectivity index is 1.80. The van der Waals surface area contributed by atoms with Gasteiger partial charge in [-0.25, -0.2) is 0 Å². The van der Waals surface area contributed by atoms with Crippen molar-refractivity contribution in [2.45, 2.75) is 38.1 Å².